The quantitative estimate of drug-likeness (QED) is 0.851. The number of halogens is 2. The van der Waals surface area contributed by atoms with Crippen LogP contribution >= 0.6 is 0 Å². The molecule has 3 heteroatoms. The monoisotopic (exact) mass is 253 g/mol. The van der Waals surface area contributed by atoms with Gasteiger partial charge in [0.25, 0.3) is 0 Å². The van der Waals surface area contributed by atoms with E-state index >= 15 is 0 Å². The van der Waals surface area contributed by atoms with Gasteiger partial charge in [-0.05, 0) is 37.3 Å². The molecule has 1 N–H and O–H groups in total. The van der Waals surface area contributed by atoms with Gasteiger partial charge in [-0.15, -0.1) is 0 Å². The van der Waals surface area contributed by atoms with Crippen LogP contribution in [0.25, 0.3) is 0 Å². The van der Waals surface area contributed by atoms with Crippen molar-refractivity contribution in [3.8, 4) is 0 Å². The van der Waals surface area contributed by atoms with Gasteiger partial charge < -0.3 is 5.32 Å². The van der Waals surface area contributed by atoms with Gasteiger partial charge in [-0.1, -0.05) is 20.3 Å². The molecule has 0 aliphatic heterocycles. The molecule has 1 aromatic carbocycles. The Morgan fingerprint density at radius 1 is 1.17 bits per heavy atom. The smallest absolute Gasteiger partial charge is 0.130 e. The van der Waals surface area contributed by atoms with Gasteiger partial charge in [0.05, 0.1) is 0 Å². The van der Waals surface area contributed by atoms with Gasteiger partial charge in [-0.2, -0.15) is 0 Å². The van der Waals surface area contributed by atoms with Crippen LogP contribution in [0.3, 0.4) is 0 Å². The highest BCUT2D eigenvalue weighted by Gasteiger charge is 2.30. The topological polar surface area (TPSA) is 12.0 Å². The molecule has 1 nitrogen and oxygen atoms in total. The van der Waals surface area contributed by atoms with Crippen LogP contribution < -0.4 is 5.32 Å². The van der Waals surface area contributed by atoms with Crippen molar-refractivity contribution in [1.82, 2.24) is 5.32 Å². The highest BCUT2D eigenvalue weighted by molar-refractivity contribution is 5.29. The molecule has 0 amide bonds. The first kappa shape index (κ1) is 13.5. The van der Waals surface area contributed by atoms with E-state index in [0.29, 0.717) is 23.1 Å². The van der Waals surface area contributed by atoms with Gasteiger partial charge in [0, 0.05) is 23.7 Å². The van der Waals surface area contributed by atoms with Crippen molar-refractivity contribution in [3.05, 3.63) is 34.9 Å². The first-order valence-electron chi connectivity index (χ1n) is 6.70. The lowest BCUT2D eigenvalue weighted by Crippen LogP contribution is -2.36. The summed E-state index contributed by atoms with van der Waals surface area (Å²) < 4.78 is 27.3. The number of rotatable bonds is 4. The molecule has 1 fully saturated rings. The molecule has 0 aromatic heterocycles. The molecule has 18 heavy (non-hydrogen) atoms. The Bertz CT molecular complexity index is 425. The Balaban J connectivity index is 2.31. The zero-order valence-corrected chi connectivity index (χ0v) is 11.3. The molecule has 1 aliphatic carbocycles. The predicted molar refractivity (Wildman–Crippen MR) is 69.4 cm³/mol. The first-order valence-corrected chi connectivity index (χ1v) is 6.70. The number of aryl methyl sites for hydroxylation is 1. The first-order chi connectivity index (χ1) is 8.49. The van der Waals surface area contributed by atoms with Crippen molar-refractivity contribution < 1.29 is 8.78 Å². The Morgan fingerprint density at radius 2 is 1.83 bits per heavy atom. The van der Waals surface area contributed by atoms with E-state index in [9.17, 15) is 8.78 Å². The lowest BCUT2D eigenvalue weighted by atomic mass is 9.76. The Labute approximate surface area is 108 Å². The Hall–Kier alpha value is -0.960. The summed E-state index contributed by atoms with van der Waals surface area (Å²) >= 11 is 0. The number of hydrogen-bond donors (Lipinski definition) is 1. The maximum atomic E-state index is 14.0. The van der Waals surface area contributed by atoms with Gasteiger partial charge in [0.1, 0.15) is 11.6 Å². The normalized spacial score (nSPS) is 17.9. The summed E-state index contributed by atoms with van der Waals surface area (Å²) in [6.07, 6.45) is 3.46. The van der Waals surface area contributed by atoms with E-state index in [-0.39, 0.29) is 6.04 Å². The molecular formula is C15H21F2N. The van der Waals surface area contributed by atoms with Crippen LogP contribution in [0.5, 0.6) is 0 Å². The summed E-state index contributed by atoms with van der Waals surface area (Å²) in [6, 6.07) is 2.97. The van der Waals surface area contributed by atoms with E-state index in [0.717, 1.165) is 18.9 Å². The average Bonchev–Trinajstić information content (AvgIpc) is 2.19. The molecule has 1 saturated carbocycles. The molecular weight excluding hydrogens is 232 g/mol. The largest absolute Gasteiger partial charge is 0.307 e. The van der Waals surface area contributed by atoms with Crippen molar-refractivity contribution in [2.24, 2.45) is 5.92 Å². The fraction of sp³-hybridized carbons (Fsp3) is 0.600. The lowest BCUT2D eigenvalue weighted by molar-refractivity contribution is 0.217. The molecule has 100 valence electrons. The van der Waals surface area contributed by atoms with E-state index in [1.807, 2.05) is 0 Å². The van der Waals surface area contributed by atoms with Crippen LogP contribution in [-0.4, -0.2) is 6.04 Å². The van der Waals surface area contributed by atoms with Crippen LogP contribution in [-0.2, 0) is 0 Å². The lowest BCUT2D eigenvalue weighted by Gasteiger charge is -2.36. The van der Waals surface area contributed by atoms with Crippen LogP contribution in [0.15, 0.2) is 12.1 Å². The van der Waals surface area contributed by atoms with Crippen molar-refractivity contribution in [3.63, 3.8) is 0 Å². The second kappa shape index (κ2) is 5.35. The van der Waals surface area contributed by atoms with E-state index in [1.165, 1.54) is 6.42 Å². The van der Waals surface area contributed by atoms with Crippen LogP contribution in [0, 0.1) is 24.5 Å². The number of hydrogen-bond acceptors (Lipinski definition) is 1. The van der Waals surface area contributed by atoms with Crippen LogP contribution in [0.2, 0.25) is 0 Å². The molecule has 0 radical (unpaired) electrons. The SMILES string of the molecule is Cc1cc(C(NC(C)C)C2CCC2)c(F)cc1F. The standard InChI is InChI=1S/C15H21F2N/c1-9(2)18-15(11-5-4-6-11)12-7-10(3)13(16)8-14(12)17/h7-9,11,15,18H,4-6H2,1-3H3. The molecule has 0 bridgehead atoms. The molecule has 1 unspecified atom stereocenters. The van der Waals surface area contributed by atoms with Gasteiger partial charge >= 0.3 is 0 Å². The van der Waals surface area contributed by atoms with Gasteiger partial charge in [0.15, 0.2) is 0 Å². The fourth-order valence-electron chi connectivity index (χ4n) is 2.53. The minimum atomic E-state index is -0.465. The third-order valence-electron chi connectivity index (χ3n) is 3.75. The summed E-state index contributed by atoms with van der Waals surface area (Å²) in [5.41, 5.74) is 1.13. The van der Waals surface area contributed by atoms with Crippen molar-refractivity contribution in [2.75, 3.05) is 0 Å². The van der Waals surface area contributed by atoms with Gasteiger partial charge in [-0.3, -0.25) is 0 Å². The highest BCUT2D eigenvalue weighted by Crippen LogP contribution is 2.39. The average molecular weight is 253 g/mol. The molecule has 0 saturated heterocycles. The number of benzene rings is 1. The second-order valence-electron chi connectivity index (χ2n) is 5.61. The highest BCUT2D eigenvalue weighted by atomic mass is 19.1. The van der Waals surface area contributed by atoms with Crippen molar-refractivity contribution in [2.45, 2.75) is 52.1 Å². The van der Waals surface area contributed by atoms with E-state index in [1.54, 1.807) is 13.0 Å². The molecule has 2 rings (SSSR count). The summed E-state index contributed by atoms with van der Waals surface area (Å²) in [7, 11) is 0. The zero-order chi connectivity index (χ0) is 13.3. The maximum Gasteiger partial charge on any atom is 0.130 e. The van der Waals surface area contributed by atoms with E-state index in [2.05, 4.69) is 19.2 Å². The molecule has 0 heterocycles. The minimum absolute atomic E-state index is 0.0121. The summed E-state index contributed by atoms with van der Waals surface area (Å²) in [4.78, 5) is 0. The second-order valence-corrected chi connectivity index (χ2v) is 5.61. The third-order valence-corrected chi connectivity index (χ3v) is 3.75. The summed E-state index contributed by atoms with van der Waals surface area (Å²) in [5, 5.41) is 3.42. The molecule has 1 aromatic rings. The summed E-state index contributed by atoms with van der Waals surface area (Å²) in [6.45, 7) is 5.80. The van der Waals surface area contributed by atoms with Gasteiger partial charge in [0.2, 0.25) is 0 Å². The molecule has 0 spiro atoms. The van der Waals surface area contributed by atoms with E-state index in [4.69, 9.17) is 0 Å². The third kappa shape index (κ3) is 2.72. The summed E-state index contributed by atoms with van der Waals surface area (Å²) in [5.74, 6) is -0.414. The van der Waals surface area contributed by atoms with Crippen LogP contribution in [0.1, 0.15) is 50.3 Å². The van der Waals surface area contributed by atoms with Gasteiger partial charge in [-0.25, -0.2) is 8.78 Å². The zero-order valence-electron chi connectivity index (χ0n) is 11.3. The fourth-order valence-corrected chi connectivity index (χ4v) is 2.53. The van der Waals surface area contributed by atoms with Crippen molar-refractivity contribution >= 4 is 0 Å². The predicted octanol–water partition coefficient (Wildman–Crippen LogP) is 4.11. The minimum Gasteiger partial charge on any atom is -0.307 e. The van der Waals surface area contributed by atoms with Crippen LogP contribution in [0.4, 0.5) is 8.78 Å². The molecule has 1 atom stereocenters. The van der Waals surface area contributed by atoms with Crippen molar-refractivity contribution in [1.29, 1.82) is 0 Å². The Kier molecular flexibility index (Phi) is 4.00. The number of nitrogens with one attached hydrogen (secondary N) is 1. The van der Waals surface area contributed by atoms with E-state index < -0.39 is 11.6 Å². The molecule has 1 aliphatic rings. The Morgan fingerprint density at radius 3 is 2.33 bits per heavy atom. The maximum absolute atomic E-state index is 14.0.